The molecule has 0 aromatic carbocycles. The molecule has 2 N–H and O–H groups in total. The maximum atomic E-state index is 11.5. The molecule has 0 aliphatic carbocycles. The standard InChI is InChI=1S/2C2HF6NO4S2.In/c2*3-1(4,5)14(10,11)9-15(12,13)2(6,7)8;/h2*9H;. The molecule has 0 atom stereocenters. The molecule has 10 nitrogen and oxygen atoms in total. The minimum atomic E-state index is -6.60. The summed E-state index contributed by atoms with van der Waals surface area (Å²) in [5.41, 5.74) is -24.6. The molecule has 187 valence electrons. The summed E-state index contributed by atoms with van der Waals surface area (Å²) in [6.07, 6.45) is 0. The van der Waals surface area contributed by atoms with E-state index >= 15 is 0 Å². The van der Waals surface area contributed by atoms with E-state index in [1.807, 2.05) is 0 Å². The van der Waals surface area contributed by atoms with Gasteiger partial charge in [0.15, 0.2) is 0 Å². The zero-order valence-electron chi connectivity index (χ0n) is 13.0. The van der Waals surface area contributed by atoms with E-state index in [2.05, 4.69) is 0 Å². The maximum Gasteiger partial charge on any atom is 0.512 e. The van der Waals surface area contributed by atoms with Crippen LogP contribution in [0.2, 0.25) is 0 Å². The Morgan fingerprint density at radius 1 is 0.355 bits per heavy atom. The van der Waals surface area contributed by atoms with E-state index in [-0.39, 0.29) is 25.8 Å². The van der Waals surface area contributed by atoms with Crippen molar-refractivity contribution >= 4 is 65.9 Å². The van der Waals surface area contributed by atoms with E-state index in [1.54, 1.807) is 0 Å². The van der Waals surface area contributed by atoms with E-state index in [9.17, 15) is 86.4 Å². The summed E-state index contributed by atoms with van der Waals surface area (Å²) in [5.74, 6) is 0. The Balaban J connectivity index is -0.000000490. The van der Waals surface area contributed by atoms with Gasteiger partial charge in [0.05, 0.1) is 0 Å². The first-order valence-corrected chi connectivity index (χ1v) is 11.2. The van der Waals surface area contributed by atoms with Crippen LogP contribution < -0.4 is 8.25 Å². The molecule has 0 aliphatic heterocycles. The second-order valence-corrected chi connectivity index (χ2v) is 11.2. The van der Waals surface area contributed by atoms with E-state index < -0.39 is 70.4 Å². The molecule has 0 saturated heterocycles. The quantitative estimate of drug-likeness (QED) is 0.399. The van der Waals surface area contributed by atoms with Gasteiger partial charge in [-0.05, 0) is 0 Å². The third-order valence-corrected chi connectivity index (χ3v) is 7.61. The number of sulfonamides is 4. The van der Waals surface area contributed by atoms with E-state index in [4.69, 9.17) is 0 Å². The summed E-state index contributed by atoms with van der Waals surface area (Å²) in [6, 6.07) is 0. The number of hydrogen-bond acceptors (Lipinski definition) is 8. The van der Waals surface area contributed by atoms with Crippen LogP contribution in [0.25, 0.3) is 0 Å². The monoisotopic (exact) mass is 677 g/mol. The fourth-order valence-corrected chi connectivity index (χ4v) is 4.30. The van der Waals surface area contributed by atoms with Crippen molar-refractivity contribution in [2.75, 3.05) is 0 Å². The van der Waals surface area contributed by atoms with Gasteiger partial charge in [0, 0.05) is 25.8 Å². The largest absolute Gasteiger partial charge is 0.512 e. The predicted molar refractivity (Wildman–Crippen MR) is 71.9 cm³/mol. The first-order valence-electron chi connectivity index (χ1n) is 5.23. The summed E-state index contributed by atoms with van der Waals surface area (Å²) in [4.78, 5) is 0. The molecule has 0 rings (SSSR count). The smallest absolute Gasteiger partial charge is 0.202 e. The van der Waals surface area contributed by atoms with Gasteiger partial charge in [0.25, 0.3) is 0 Å². The number of rotatable bonds is 4. The molecule has 27 heteroatoms. The van der Waals surface area contributed by atoms with Crippen molar-refractivity contribution in [1.29, 1.82) is 0 Å². The van der Waals surface area contributed by atoms with Crippen molar-refractivity contribution in [1.82, 2.24) is 8.25 Å². The Labute approximate surface area is 182 Å². The average Bonchev–Trinajstić information content (AvgIpc) is 2.30. The van der Waals surface area contributed by atoms with Crippen molar-refractivity contribution in [3.63, 3.8) is 0 Å². The molecule has 0 bridgehead atoms. The molecule has 0 aromatic rings. The van der Waals surface area contributed by atoms with Gasteiger partial charge in [-0.1, -0.05) is 8.25 Å². The van der Waals surface area contributed by atoms with Crippen molar-refractivity contribution in [2.45, 2.75) is 22.0 Å². The second kappa shape index (κ2) is 9.94. The van der Waals surface area contributed by atoms with E-state index in [1.165, 1.54) is 0 Å². The normalized spacial score (nSPS) is 14.8. The molecule has 0 spiro atoms. The van der Waals surface area contributed by atoms with Crippen LogP contribution in [0.3, 0.4) is 0 Å². The fraction of sp³-hybridized carbons (Fsp3) is 1.00. The summed E-state index contributed by atoms with van der Waals surface area (Å²) < 4.78 is 217. The number of alkyl halides is 12. The molecular formula is C4H2F12InN2O8S4. The maximum absolute atomic E-state index is 11.5. The van der Waals surface area contributed by atoms with Crippen LogP contribution in [0.1, 0.15) is 0 Å². The molecule has 3 radical (unpaired) electrons. The van der Waals surface area contributed by atoms with Gasteiger partial charge in [-0.3, -0.25) is 0 Å². The van der Waals surface area contributed by atoms with Gasteiger partial charge in [0.1, 0.15) is 0 Å². The van der Waals surface area contributed by atoms with Crippen molar-refractivity contribution in [3.8, 4) is 0 Å². The number of hydrogen-bond donors (Lipinski definition) is 2. The number of nitrogens with one attached hydrogen (secondary N) is 2. The first-order chi connectivity index (χ1) is 12.4. The van der Waals surface area contributed by atoms with Crippen LogP contribution in [-0.4, -0.2) is 81.5 Å². The van der Waals surface area contributed by atoms with Crippen LogP contribution in [0.15, 0.2) is 0 Å². The molecule has 0 aliphatic rings. The predicted octanol–water partition coefficient (Wildman–Crippen LogP) is 0.170. The Morgan fingerprint density at radius 2 is 0.452 bits per heavy atom. The topological polar surface area (TPSA) is 161 Å². The molecule has 0 fully saturated rings. The zero-order valence-corrected chi connectivity index (χ0v) is 19.6. The second-order valence-electron chi connectivity index (χ2n) is 3.96. The first kappa shape index (κ1) is 35.3. The molecular weight excluding hydrogens is 675 g/mol. The Kier molecular flexibility index (Phi) is 11.3. The minimum absolute atomic E-state index is 0. The Morgan fingerprint density at radius 3 is 0.516 bits per heavy atom. The van der Waals surface area contributed by atoms with Gasteiger partial charge >= 0.3 is 62.1 Å². The van der Waals surface area contributed by atoms with Crippen molar-refractivity contribution < 1.29 is 86.4 Å². The third kappa shape index (κ3) is 10.0. The third-order valence-electron chi connectivity index (χ3n) is 1.66. The van der Waals surface area contributed by atoms with Gasteiger partial charge in [-0.15, -0.1) is 0 Å². The van der Waals surface area contributed by atoms with Crippen LogP contribution >= 0.6 is 0 Å². The van der Waals surface area contributed by atoms with Crippen LogP contribution in [0.5, 0.6) is 0 Å². The van der Waals surface area contributed by atoms with Gasteiger partial charge in [0.2, 0.25) is 0 Å². The van der Waals surface area contributed by atoms with Gasteiger partial charge < -0.3 is 0 Å². The van der Waals surface area contributed by atoms with E-state index in [0.29, 0.717) is 0 Å². The zero-order chi connectivity index (χ0) is 25.4. The summed E-state index contributed by atoms with van der Waals surface area (Å²) in [7, 11) is -26.4. The van der Waals surface area contributed by atoms with E-state index in [0.717, 1.165) is 0 Å². The number of halogens is 12. The van der Waals surface area contributed by atoms with Crippen LogP contribution in [0, 0.1) is 0 Å². The van der Waals surface area contributed by atoms with Gasteiger partial charge in [-0.25, -0.2) is 33.7 Å². The summed E-state index contributed by atoms with van der Waals surface area (Å²) in [5, 5.41) is 0. The summed E-state index contributed by atoms with van der Waals surface area (Å²) >= 11 is 0. The minimum Gasteiger partial charge on any atom is -0.202 e. The fourth-order valence-electron chi connectivity index (χ4n) is 0.478. The molecule has 0 amide bonds. The SMILES string of the molecule is O=S(=O)(NS(=O)(=O)C(F)(F)F)C(F)(F)F.O=S(=O)(NS(=O)(=O)C(F)(F)F)C(F)(F)F.[In]. The van der Waals surface area contributed by atoms with Crippen molar-refractivity contribution in [2.24, 2.45) is 0 Å². The molecule has 0 unspecified atom stereocenters. The average molecular weight is 677 g/mol. The molecule has 31 heavy (non-hydrogen) atoms. The molecule has 0 saturated carbocycles. The van der Waals surface area contributed by atoms with Crippen LogP contribution in [0.4, 0.5) is 52.7 Å². The Hall–Kier alpha value is -0.250. The molecule has 0 aromatic heterocycles. The molecule has 0 heterocycles. The summed E-state index contributed by atoms with van der Waals surface area (Å²) in [6.45, 7) is 0. The van der Waals surface area contributed by atoms with Gasteiger partial charge in [-0.2, -0.15) is 52.7 Å². The van der Waals surface area contributed by atoms with Crippen LogP contribution in [-0.2, 0) is 40.1 Å². The van der Waals surface area contributed by atoms with Crippen molar-refractivity contribution in [3.05, 3.63) is 0 Å². The Bertz CT molecular complexity index is 862.